The van der Waals surface area contributed by atoms with Crippen molar-refractivity contribution in [2.75, 3.05) is 13.6 Å². The minimum absolute atomic E-state index is 0.0731. The van der Waals surface area contributed by atoms with E-state index in [9.17, 15) is 4.79 Å². The standard InChI is InChI=1S/C11H22N2O/c1-11(2,8-13-10(14)12-3)9-6-4-5-7-9/h9H,4-8H2,1-3H3,(H2,12,13,14). The number of nitrogens with one attached hydrogen (secondary N) is 2. The van der Waals surface area contributed by atoms with E-state index in [2.05, 4.69) is 24.5 Å². The number of hydrogen-bond donors (Lipinski definition) is 2. The Labute approximate surface area is 86.6 Å². The van der Waals surface area contributed by atoms with Crippen LogP contribution < -0.4 is 10.6 Å². The Morgan fingerprint density at radius 1 is 1.36 bits per heavy atom. The van der Waals surface area contributed by atoms with E-state index in [4.69, 9.17) is 0 Å². The first-order valence-corrected chi connectivity index (χ1v) is 5.52. The normalized spacial score (nSPS) is 18.2. The molecule has 0 aliphatic heterocycles. The van der Waals surface area contributed by atoms with Crippen LogP contribution in [0.2, 0.25) is 0 Å². The van der Waals surface area contributed by atoms with Crippen LogP contribution in [0.1, 0.15) is 39.5 Å². The van der Waals surface area contributed by atoms with E-state index in [0.29, 0.717) is 0 Å². The maximum Gasteiger partial charge on any atom is 0.314 e. The van der Waals surface area contributed by atoms with Crippen LogP contribution in [0.15, 0.2) is 0 Å². The van der Waals surface area contributed by atoms with Gasteiger partial charge in [-0.05, 0) is 24.2 Å². The quantitative estimate of drug-likeness (QED) is 0.716. The largest absolute Gasteiger partial charge is 0.341 e. The van der Waals surface area contributed by atoms with Crippen LogP contribution >= 0.6 is 0 Å². The Balaban J connectivity index is 2.36. The SMILES string of the molecule is CNC(=O)NCC(C)(C)C1CCCC1. The van der Waals surface area contributed by atoms with Crippen molar-refractivity contribution in [2.45, 2.75) is 39.5 Å². The molecular weight excluding hydrogens is 176 g/mol. The topological polar surface area (TPSA) is 41.1 Å². The second-order valence-electron chi connectivity index (χ2n) is 4.90. The van der Waals surface area contributed by atoms with Crippen LogP contribution in [0.5, 0.6) is 0 Å². The summed E-state index contributed by atoms with van der Waals surface area (Å²) in [5, 5.41) is 5.48. The zero-order valence-corrected chi connectivity index (χ0v) is 9.52. The number of amides is 2. The van der Waals surface area contributed by atoms with Crippen LogP contribution in [0.3, 0.4) is 0 Å². The first kappa shape index (κ1) is 11.3. The maximum absolute atomic E-state index is 11.1. The summed E-state index contributed by atoms with van der Waals surface area (Å²) in [7, 11) is 1.65. The molecule has 0 aromatic rings. The zero-order chi connectivity index (χ0) is 10.6. The fraction of sp³-hybridized carbons (Fsp3) is 0.909. The van der Waals surface area contributed by atoms with Gasteiger partial charge in [-0.3, -0.25) is 0 Å². The molecule has 3 heteroatoms. The molecule has 14 heavy (non-hydrogen) atoms. The van der Waals surface area contributed by atoms with Crippen LogP contribution in [-0.4, -0.2) is 19.6 Å². The Morgan fingerprint density at radius 3 is 2.43 bits per heavy atom. The number of urea groups is 1. The molecule has 0 heterocycles. The van der Waals surface area contributed by atoms with Crippen molar-refractivity contribution in [2.24, 2.45) is 11.3 Å². The Kier molecular flexibility index (Phi) is 3.78. The van der Waals surface area contributed by atoms with Crippen LogP contribution in [0, 0.1) is 11.3 Å². The number of hydrogen-bond acceptors (Lipinski definition) is 1. The maximum atomic E-state index is 11.1. The summed E-state index contributed by atoms with van der Waals surface area (Å²) in [4.78, 5) is 11.1. The van der Waals surface area contributed by atoms with Crippen molar-refractivity contribution in [3.63, 3.8) is 0 Å². The van der Waals surface area contributed by atoms with Crippen molar-refractivity contribution in [1.82, 2.24) is 10.6 Å². The van der Waals surface area contributed by atoms with Gasteiger partial charge in [-0.2, -0.15) is 0 Å². The lowest BCUT2D eigenvalue weighted by molar-refractivity contribution is 0.200. The van der Waals surface area contributed by atoms with Gasteiger partial charge in [0.1, 0.15) is 0 Å². The van der Waals surface area contributed by atoms with Crippen molar-refractivity contribution < 1.29 is 4.79 Å². The van der Waals surface area contributed by atoms with E-state index >= 15 is 0 Å². The van der Waals surface area contributed by atoms with Gasteiger partial charge in [-0.1, -0.05) is 26.7 Å². The molecule has 0 aromatic carbocycles. The van der Waals surface area contributed by atoms with Gasteiger partial charge in [0.05, 0.1) is 0 Å². The molecule has 2 N–H and O–H groups in total. The second-order valence-corrected chi connectivity index (χ2v) is 4.90. The zero-order valence-electron chi connectivity index (χ0n) is 9.52. The summed E-state index contributed by atoms with van der Waals surface area (Å²) in [6.45, 7) is 5.27. The molecule has 1 saturated carbocycles. The van der Waals surface area contributed by atoms with Gasteiger partial charge in [0, 0.05) is 13.6 Å². The molecule has 0 unspecified atom stereocenters. The predicted molar refractivity (Wildman–Crippen MR) is 58.2 cm³/mol. The summed E-state index contributed by atoms with van der Waals surface area (Å²) in [5.74, 6) is 0.777. The summed E-state index contributed by atoms with van der Waals surface area (Å²) in [6.07, 6.45) is 5.35. The molecule has 0 radical (unpaired) electrons. The molecule has 1 aliphatic carbocycles. The van der Waals surface area contributed by atoms with E-state index in [-0.39, 0.29) is 11.4 Å². The predicted octanol–water partition coefficient (Wildman–Crippen LogP) is 2.13. The van der Waals surface area contributed by atoms with Crippen molar-refractivity contribution in [1.29, 1.82) is 0 Å². The van der Waals surface area contributed by atoms with E-state index in [1.807, 2.05) is 0 Å². The lowest BCUT2D eigenvalue weighted by Gasteiger charge is -2.31. The van der Waals surface area contributed by atoms with E-state index in [1.165, 1.54) is 25.7 Å². The van der Waals surface area contributed by atoms with Crippen molar-refractivity contribution >= 4 is 6.03 Å². The summed E-state index contributed by atoms with van der Waals surface area (Å²) < 4.78 is 0. The molecule has 1 fully saturated rings. The summed E-state index contributed by atoms with van der Waals surface area (Å²) in [6, 6.07) is -0.0731. The minimum Gasteiger partial charge on any atom is -0.341 e. The molecule has 0 saturated heterocycles. The second kappa shape index (κ2) is 4.67. The van der Waals surface area contributed by atoms with Gasteiger partial charge in [0.25, 0.3) is 0 Å². The fourth-order valence-electron chi connectivity index (χ4n) is 2.25. The molecule has 0 bridgehead atoms. The Morgan fingerprint density at radius 2 is 1.93 bits per heavy atom. The highest BCUT2D eigenvalue weighted by Crippen LogP contribution is 2.38. The molecule has 82 valence electrons. The average molecular weight is 198 g/mol. The molecule has 1 aliphatic rings. The van der Waals surface area contributed by atoms with E-state index in [1.54, 1.807) is 7.05 Å². The van der Waals surface area contributed by atoms with Crippen LogP contribution in [0.25, 0.3) is 0 Å². The first-order valence-electron chi connectivity index (χ1n) is 5.52. The summed E-state index contributed by atoms with van der Waals surface area (Å²) >= 11 is 0. The molecular formula is C11H22N2O. The third kappa shape index (κ3) is 2.89. The third-order valence-corrected chi connectivity index (χ3v) is 3.39. The van der Waals surface area contributed by atoms with Crippen LogP contribution in [-0.2, 0) is 0 Å². The highest BCUT2D eigenvalue weighted by molar-refractivity contribution is 5.73. The average Bonchev–Trinajstić information content (AvgIpc) is 2.67. The van der Waals surface area contributed by atoms with Gasteiger partial charge in [0.2, 0.25) is 0 Å². The Bertz CT molecular complexity index is 195. The lowest BCUT2D eigenvalue weighted by atomic mass is 9.78. The smallest absolute Gasteiger partial charge is 0.314 e. The molecule has 0 atom stereocenters. The Hall–Kier alpha value is -0.730. The minimum atomic E-state index is -0.0731. The molecule has 0 spiro atoms. The van der Waals surface area contributed by atoms with E-state index in [0.717, 1.165) is 12.5 Å². The molecule has 0 aromatic heterocycles. The third-order valence-electron chi connectivity index (χ3n) is 3.39. The monoisotopic (exact) mass is 198 g/mol. The number of carbonyl (C=O) groups excluding carboxylic acids is 1. The number of rotatable bonds is 3. The first-order chi connectivity index (χ1) is 6.56. The van der Waals surface area contributed by atoms with Gasteiger partial charge >= 0.3 is 6.03 Å². The van der Waals surface area contributed by atoms with Crippen molar-refractivity contribution in [3.05, 3.63) is 0 Å². The highest BCUT2D eigenvalue weighted by Gasteiger charge is 2.31. The van der Waals surface area contributed by atoms with Gasteiger partial charge in [0.15, 0.2) is 0 Å². The molecule has 2 amide bonds. The summed E-state index contributed by atoms with van der Waals surface area (Å²) in [5.41, 5.74) is 0.239. The molecule has 1 rings (SSSR count). The van der Waals surface area contributed by atoms with Gasteiger partial charge < -0.3 is 10.6 Å². The van der Waals surface area contributed by atoms with Gasteiger partial charge in [-0.25, -0.2) is 4.79 Å². The fourth-order valence-corrected chi connectivity index (χ4v) is 2.25. The number of carbonyl (C=O) groups is 1. The van der Waals surface area contributed by atoms with Gasteiger partial charge in [-0.15, -0.1) is 0 Å². The molecule has 3 nitrogen and oxygen atoms in total. The van der Waals surface area contributed by atoms with Crippen molar-refractivity contribution in [3.8, 4) is 0 Å². The highest BCUT2D eigenvalue weighted by atomic mass is 16.2. The van der Waals surface area contributed by atoms with Crippen LogP contribution in [0.4, 0.5) is 4.79 Å². The lowest BCUT2D eigenvalue weighted by Crippen LogP contribution is -2.41. The van der Waals surface area contributed by atoms with E-state index < -0.39 is 0 Å².